The van der Waals surface area contributed by atoms with Gasteiger partial charge in [0, 0.05) is 24.4 Å². The Morgan fingerprint density at radius 3 is 2.62 bits per heavy atom. The Morgan fingerprint density at radius 1 is 1.33 bits per heavy atom. The molecule has 0 aromatic rings. The minimum Gasteiger partial charge on any atom is -0.381 e. The summed E-state index contributed by atoms with van der Waals surface area (Å²) in [7, 11) is 1.74. The molecule has 1 saturated heterocycles. The molecule has 0 radical (unpaired) electrons. The van der Waals surface area contributed by atoms with Gasteiger partial charge in [-0.3, -0.25) is 9.59 Å². The second-order valence-corrected chi connectivity index (χ2v) is 7.96. The van der Waals surface area contributed by atoms with Gasteiger partial charge in [0.2, 0.25) is 5.12 Å². The number of carbonyl (C=O) groups excluding carboxylic acids is 2. The van der Waals surface area contributed by atoms with Gasteiger partial charge in [0.25, 0.3) is 0 Å². The van der Waals surface area contributed by atoms with E-state index in [9.17, 15) is 9.59 Å². The molecule has 0 bridgehead atoms. The molecule has 21 heavy (non-hydrogen) atoms. The van der Waals surface area contributed by atoms with Crippen molar-refractivity contribution in [3.05, 3.63) is 24.3 Å². The fraction of sp³-hybridized carbons (Fsp3) is 0.647. The number of fused-ring (bicyclic) bond motifs is 3. The van der Waals surface area contributed by atoms with Gasteiger partial charge in [-0.1, -0.05) is 44.3 Å². The lowest BCUT2D eigenvalue weighted by atomic mass is 9.67. The third-order valence-electron chi connectivity index (χ3n) is 6.09. The van der Waals surface area contributed by atoms with E-state index in [-0.39, 0.29) is 45.4 Å². The summed E-state index contributed by atoms with van der Waals surface area (Å²) < 4.78 is 5.66. The Morgan fingerprint density at radius 2 is 2.00 bits per heavy atom. The van der Waals surface area contributed by atoms with E-state index in [2.05, 4.69) is 27.0 Å². The highest BCUT2D eigenvalue weighted by molar-refractivity contribution is 8.15. The van der Waals surface area contributed by atoms with Gasteiger partial charge in [0.15, 0.2) is 0 Å². The third-order valence-corrected chi connectivity index (χ3v) is 7.60. The molecule has 3 nitrogen and oxygen atoms in total. The molecule has 3 aliphatic rings. The molecule has 0 amide bonds. The number of ketones is 1. The van der Waals surface area contributed by atoms with E-state index in [0.29, 0.717) is 12.0 Å². The molecule has 2 aliphatic carbocycles. The van der Waals surface area contributed by atoms with Crippen molar-refractivity contribution in [1.82, 2.24) is 0 Å². The van der Waals surface area contributed by atoms with Crippen molar-refractivity contribution in [1.29, 1.82) is 0 Å². The van der Waals surface area contributed by atoms with Crippen molar-refractivity contribution in [3.8, 4) is 0 Å². The first-order valence-electron chi connectivity index (χ1n) is 7.45. The minimum atomic E-state index is -0.340. The third kappa shape index (κ3) is 1.85. The van der Waals surface area contributed by atoms with Crippen LogP contribution in [0, 0.1) is 23.2 Å². The maximum absolute atomic E-state index is 12.6. The number of ether oxygens (including phenoxy) is 1. The number of hydrogen-bond donors (Lipinski definition) is 0. The lowest BCUT2D eigenvalue weighted by Gasteiger charge is -2.41. The van der Waals surface area contributed by atoms with Gasteiger partial charge in [-0.05, 0) is 23.7 Å². The zero-order valence-electron chi connectivity index (χ0n) is 12.8. The molecule has 0 aromatic carbocycles. The average Bonchev–Trinajstić information content (AvgIpc) is 2.85. The summed E-state index contributed by atoms with van der Waals surface area (Å²) in [6, 6.07) is 0. The standard InChI is InChI=1S/C17H22O3S/c1-8-6-12(18)14-9(2)16(19)21-15(14)17(4)10(3)13(20-5)7-11(8)17/h10-11,13-15H,1-2,6-7H2,3-5H3. The largest absolute Gasteiger partial charge is 0.381 e. The van der Waals surface area contributed by atoms with Crippen LogP contribution in [0.25, 0.3) is 0 Å². The van der Waals surface area contributed by atoms with Gasteiger partial charge in [0.05, 0.1) is 12.0 Å². The minimum absolute atomic E-state index is 0.0149. The number of thioether (sulfide) groups is 1. The molecular weight excluding hydrogens is 284 g/mol. The molecule has 114 valence electrons. The smallest absolute Gasteiger partial charge is 0.215 e. The summed E-state index contributed by atoms with van der Waals surface area (Å²) in [6.07, 6.45) is 1.43. The SMILES string of the molecule is C=C1C(=O)SC2C1C(=O)CC(=C)C1CC(OC)C(C)C12C. The van der Waals surface area contributed by atoms with Crippen molar-refractivity contribution < 1.29 is 14.3 Å². The first-order chi connectivity index (χ1) is 9.82. The van der Waals surface area contributed by atoms with Gasteiger partial charge in [-0.25, -0.2) is 0 Å². The number of Topliss-reactive ketones (excluding diaryl/α,β-unsaturated/α-hetero) is 1. The molecule has 1 heterocycles. The lowest BCUT2D eigenvalue weighted by molar-refractivity contribution is -0.122. The number of rotatable bonds is 1. The molecular formula is C17H22O3S. The Bertz CT molecular complexity index is 552. The van der Waals surface area contributed by atoms with Gasteiger partial charge in [0.1, 0.15) is 5.78 Å². The fourth-order valence-corrected chi connectivity index (χ4v) is 6.24. The van der Waals surface area contributed by atoms with Crippen LogP contribution in [-0.2, 0) is 14.3 Å². The van der Waals surface area contributed by atoms with Crippen molar-refractivity contribution in [2.75, 3.05) is 7.11 Å². The van der Waals surface area contributed by atoms with E-state index in [1.54, 1.807) is 7.11 Å². The molecule has 6 unspecified atom stereocenters. The van der Waals surface area contributed by atoms with E-state index in [1.807, 2.05) is 0 Å². The Balaban J connectivity index is 2.12. The van der Waals surface area contributed by atoms with E-state index < -0.39 is 0 Å². The van der Waals surface area contributed by atoms with E-state index >= 15 is 0 Å². The Kier molecular flexibility index (Phi) is 3.45. The van der Waals surface area contributed by atoms with Crippen molar-refractivity contribution in [2.45, 2.75) is 38.0 Å². The Hall–Kier alpha value is -0.870. The molecule has 1 aliphatic heterocycles. The van der Waals surface area contributed by atoms with Crippen molar-refractivity contribution in [3.63, 3.8) is 0 Å². The van der Waals surface area contributed by atoms with Crippen LogP contribution in [0.3, 0.4) is 0 Å². The maximum Gasteiger partial charge on any atom is 0.215 e. The van der Waals surface area contributed by atoms with Crippen LogP contribution >= 0.6 is 11.8 Å². The maximum atomic E-state index is 12.6. The lowest BCUT2D eigenvalue weighted by Crippen LogP contribution is -2.42. The number of hydrogen-bond acceptors (Lipinski definition) is 4. The predicted octanol–water partition coefficient (Wildman–Crippen LogP) is 3.01. The quantitative estimate of drug-likeness (QED) is 0.552. The number of carbonyl (C=O) groups is 2. The van der Waals surface area contributed by atoms with Crippen molar-refractivity contribution in [2.24, 2.45) is 23.2 Å². The van der Waals surface area contributed by atoms with E-state index in [4.69, 9.17) is 4.74 Å². The van der Waals surface area contributed by atoms with Crippen LogP contribution in [0.4, 0.5) is 0 Å². The predicted molar refractivity (Wildman–Crippen MR) is 84.0 cm³/mol. The first kappa shape index (κ1) is 15.0. The first-order valence-corrected chi connectivity index (χ1v) is 8.33. The summed E-state index contributed by atoms with van der Waals surface area (Å²) in [6.45, 7) is 12.5. The van der Waals surface area contributed by atoms with Crippen LogP contribution in [0.1, 0.15) is 26.7 Å². The topological polar surface area (TPSA) is 43.4 Å². The van der Waals surface area contributed by atoms with Gasteiger partial charge >= 0.3 is 0 Å². The van der Waals surface area contributed by atoms with E-state index in [0.717, 1.165) is 12.0 Å². The zero-order chi connectivity index (χ0) is 15.5. The Labute approximate surface area is 130 Å². The van der Waals surface area contributed by atoms with Crippen LogP contribution in [0.2, 0.25) is 0 Å². The molecule has 6 atom stereocenters. The van der Waals surface area contributed by atoms with Gasteiger partial charge in [-0.15, -0.1) is 0 Å². The monoisotopic (exact) mass is 306 g/mol. The summed E-state index contributed by atoms with van der Waals surface area (Å²) in [5.41, 5.74) is 1.34. The highest BCUT2D eigenvalue weighted by Gasteiger charge is 2.62. The van der Waals surface area contributed by atoms with Crippen LogP contribution in [0.5, 0.6) is 0 Å². The molecule has 4 heteroatoms. The molecule has 0 spiro atoms. The number of allylic oxidation sites excluding steroid dienone is 1. The van der Waals surface area contributed by atoms with Crippen LogP contribution in [-0.4, -0.2) is 29.4 Å². The molecule has 3 rings (SSSR count). The van der Waals surface area contributed by atoms with Crippen LogP contribution < -0.4 is 0 Å². The van der Waals surface area contributed by atoms with Gasteiger partial charge in [-0.2, -0.15) is 0 Å². The number of methoxy groups -OCH3 is 1. The van der Waals surface area contributed by atoms with E-state index in [1.165, 1.54) is 11.8 Å². The highest BCUT2D eigenvalue weighted by Crippen LogP contribution is 2.63. The summed E-state index contributed by atoms with van der Waals surface area (Å²) >= 11 is 1.31. The van der Waals surface area contributed by atoms with Crippen LogP contribution in [0.15, 0.2) is 24.3 Å². The second kappa shape index (κ2) is 4.82. The summed E-state index contributed by atoms with van der Waals surface area (Å²) in [5.74, 6) is 0.300. The molecule has 2 saturated carbocycles. The normalized spacial score (nSPS) is 46.5. The summed E-state index contributed by atoms with van der Waals surface area (Å²) in [4.78, 5) is 24.7. The fourth-order valence-electron chi connectivity index (χ4n) is 4.65. The molecule has 3 fully saturated rings. The summed E-state index contributed by atoms with van der Waals surface area (Å²) in [5, 5.41) is -0.0386. The van der Waals surface area contributed by atoms with Crippen molar-refractivity contribution >= 4 is 22.7 Å². The average molecular weight is 306 g/mol. The molecule has 0 N–H and O–H groups in total. The van der Waals surface area contributed by atoms with Gasteiger partial charge < -0.3 is 4.74 Å². The molecule has 0 aromatic heterocycles. The second-order valence-electron chi connectivity index (χ2n) is 6.85. The highest BCUT2D eigenvalue weighted by atomic mass is 32.2. The zero-order valence-corrected chi connectivity index (χ0v) is 13.7.